The molecule has 2 aliphatic rings. The minimum Gasteiger partial charge on any atom is -0.332 e. The van der Waals surface area contributed by atoms with Gasteiger partial charge in [-0.2, -0.15) is 0 Å². The average molecular weight is 408 g/mol. The lowest BCUT2D eigenvalue weighted by Gasteiger charge is -2.33. The molecule has 2 amide bonds. The molecule has 7 nitrogen and oxygen atoms in total. The number of carbonyl (C=O) groups excluding carboxylic acids is 2. The Morgan fingerprint density at radius 3 is 2.50 bits per heavy atom. The molecule has 1 atom stereocenters. The van der Waals surface area contributed by atoms with Crippen LogP contribution in [0.2, 0.25) is 0 Å². The van der Waals surface area contributed by atoms with Crippen LogP contribution in [0.1, 0.15) is 53.6 Å². The summed E-state index contributed by atoms with van der Waals surface area (Å²) in [6.45, 7) is 4.52. The second-order valence-electron chi connectivity index (χ2n) is 8.31. The van der Waals surface area contributed by atoms with E-state index in [0.29, 0.717) is 17.1 Å². The highest BCUT2D eigenvalue weighted by molar-refractivity contribution is 6.04. The van der Waals surface area contributed by atoms with E-state index >= 15 is 0 Å². The number of benzene rings is 1. The number of piperidine rings is 1. The first-order valence-corrected chi connectivity index (χ1v) is 10.7. The molecule has 2 saturated heterocycles. The van der Waals surface area contributed by atoms with E-state index in [9.17, 15) is 9.59 Å². The normalized spacial score (nSPS) is 20.3. The zero-order valence-electron chi connectivity index (χ0n) is 17.7. The molecule has 2 fully saturated rings. The van der Waals surface area contributed by atoms with E-state index < -0.39 is 0 Å². The maximum absolute atomic E-state index is 13.1. The van der Waals surface area contributed by atoms with Crippen LogP contribution in [-0.2, 0) is 4.79 Å². The topological polar surface area (TPSA) is 78.4 Å². The highest BCUT2D eigenvalue weighted by atomic mass is 16.2. The molecule has 0 bridgehead atoms. The van der Waals surface area contributed by atoms with Crippen LogP contribution in [0.15, 0.2) is 36.5 Å². The van der Waals surface area contributed by atoms with Gasteiger partial charge in [0.05, 0.1) is 17.3 Å². The van der Waals surface area contributed by atoms with Gasteiger partial charge in [0.15, 0.2) is 5.82 Å². The number of hydrogen-bond donors (Lipinski definition) is 1. The molecule has 1 N–H and O–H groups in total. The molecule has 0 radical (unpaired) electrons. The van der Waals surface area contributed by atoms with Crippen molar-refractivity contribution in [2.75, 3.05) is 32.0 Å². The van der Waals surface area contributed by atoms with Crippen LogP contribution in [0, 0.1) is 12.8 Å². The van der Waals surface area contributed by atoms with Gasteiger partial charge in [-0.1, -0.05) is 18.2 Å². The number of aromatic nitrogens is 2. The number of nitrogens with zero attached hydrogens (tertiary/aromatic N) is 4. The molecular formula is C23H29N5O2. The van der Waals surface area contributed by atoms with Crippen molar-refractivity contribution in [1.82, 2.24) is 19.8 Å². The Bertz CT molecular complexity index is 909. The number of likely N-dealkylation sites (tertiary alicyclic amines) is 2. The van der Waals surface area contributed by atoms with Crippen LogP contribution < -0.4 is 5.32 Å². The van der Waals surface area contributed by atoms with Crippen LogP contribution in [-0.4, -0.2) is 58.3 Å². The SMILES string of the molecule is Cc1nc([C@@H]2CCCN2C(=O)C2CCN(C)CC2)ncc1C(=O)Nc1ccccc1. The van der Waals surface area contributed by atoms with Crippen molar-refractivity contribution in [2.24, 2.45) is 5.92 Å². The van der Waals surface area contributed by atoms with E-state index in [1.165, 1.54) is 0 Å². The third kappa shape index (κ3) is 4.36. The van der Waals surface area contributed by atoms with Crippen molar-refractivity contribution in [3.8, 4) is 0 Å². The fourth-order valence-corrected chi connectivity index (χ4v) is 4.38. The molecule has 1 aromatic heterocycles. The summed E-state index contributed by atoms with van der Waals surface area (Å²) in [5.41, 5.74) is 1.82. The summed E-state index contributed by atoms with van der Waals surface area (Å²) in [6.07, 6.45) is 5.25. The van der Waals surface area contributed by atoms with Crippen LogP contribution in [0.3, 0.4) is 0 Å². The predicted octanol–water partition coefficient (Wildman–Crippen LogP) is 3.04. The molecule has 0 saturated carbocycles. The number of amides is 2. The zero-order valence-corrected chi connectivity index (χ0v) is 17.7. The number of aryl methyl sites for hydroxylation is 1. The molecule has 0 aliphatic carbocycles. The third-order valence-electron chi connectivity index (χ3n) is 6.18. The number of rotatable bonds is 4. The van der Waals surface area contributed by atoms with Crippen molar-refractivity contribution in [1.29, 1.82) is 0 Å². The fraction of sp³-hybridized carbons (Fsp3) is 0.478. The molecule has 7 heteroatoms. The van der Waals surface area contributed by atoms with Crippen LogP contribution in [0.4, 0.5) is 5.69 Å². The maximum Gasteiger partial charge on any atom is 0.259 e. The quantitative estimate of drug-likeness (QED) is 0.843. The summed E-state index contributed by atoms with van der Waals surface area (Å²) in [4.78, 5) is 39.1. The Balaban J connectivity index is 1.47. The fourth-order valence-electron chi connectivity index (χ4n) is 4.38. The Kier molecular flexibility index (Phi) is 6.08. The second-order valence-corrected chi connectivity index (χ2v) is 8.31. The van der Waals surface area contributed by atoms with E-state index in [1.54, 1.807) is 6.20 Å². The molecular weight excluding hydrogens is 378 g/mol. The first kappa shape index (κ1) is 20.5. The van der Waals surface area contributed by atoms with Crippen molar-refractivity contribution < 1.29 is 9.59 Å². The molecule has 0 spiro atoms. The molecule has 3 heterocycles. The van der Waals surface area contributed by atoms with Gasteiger partial charge in [0.2, 0.25) is 5.91 Å². The summed E-state index contributed by atoms with van der Waals surface area (Å²) in [6, 6.07) is 9.23. The Morgan fingerprint density at radius 2 is 1.80 bits per heavy atom. The molecule has 158 valence electrons. The maximum atomic E-state index is 13.1. The molecule has 2 aliphatic heterocycles. The average Bonchev–Trinajstić information content (AvgIpc) is 3.24. The van der Waals surface area contributed by atoms with Crippen molar-refractivity contribution >= 4 is 17.5 Å². The standard InChI is InChI=1S/C23H29N5O2/c1-16-19(22(29)26-18-7-4-3-5-8-18)15-24-21(25-16)20-9-6-12-28(20)23(30)17-10-13-27(2)14-11-17/h3-5,7-8,15,17,20H,6,9-14H2,1-2H3,(H,26,29)/t20-/m0/s1. The lowest BCUT2D eigenvalue weighted by molar-refractivity contribution is -0.138. The van der Waals surface area contributed by atoms with Gasteiger partial charge in [-0.3, -0.25) is 9.59 Å². The van der Waals surface area contributed by atoms with Crippen molar-refractivity contribution in [3.05, 3.63) is 53.6 Å². The number of nitrogens with one attached hydrogen (secondary N) is 1. The van der Waals surface area contributed by atoms with E-state index in [1.807, 2.05) is 42.2 Å². The summed E-state index contributed by atoms with van der Waals surface area (Å²) in [7, 11) is 2.10. The van der Waals surface area contributed by atoms with E-state index in [-0.39, 0.29) is 23.8 Å². The number of hydrogen-bond acceptors (Lipinski definition) is 5. The monoisotopic (exact) mass is 407 g/mol. The first-order valence-electron chi connectivity index (χ1n) is 10.7. The largest absolute Gasteiger partial charge is 0.332 e. The highest BCUT2D eigenvalue weighted by Gasteiger charge is 2.36. The van der Waals surface area contributed by atoms with Gasteiger partial charge in [0.25, 0.3) is 5.91 Å². The Morgan fingerprint density at radius 1 is 1.07 bits per heavy atom. The van der Waals surface area contributed by atoms with Crippen LogP contribution in [0.5, 0.6) is 0 Å². The van der Waals surface area contributed by atoms with Crippen LogP contribution >= 0.6 is 0 Å². The minimum absolute atomic E-state index is 0.0953. The second kappa shape index (κ2) is 8.92. The number of para-hydroxylation sites is 1. The van der Waals surface area contributed by atoms with Crippen molar-refractivity contribution in [3.63, 3.8) is 0 Å². The van der Waals surface area contributed by atoms with E-state index in [0.717, 1.165) is 51.0 Å². The smallest absolute Gasteiger partial charge is 0.259 e. The van der Waals surface area contributed by atoms with Gasteiger partial charge in [0.1, 0.15) is 0 Å². The van der Waals surface area contributed by atoms with Gasteiger partial charge >= 0.3 is 0 Å². The zero-order chi connectivity index (χ0) is 21.1. The summed E-state index contributed by atoms with van der Waals surface area (Å²) < 4.78 is 0. The number of anilines is 1. The predicted molar refractivity (Wildman–Crippen MR) is 115 cm³/mol. The third-order valence-corrected chi connectivity index (χ3v) is 6.18. The molecule has 4 rings (SSSR count). The molecule has 30 heavy (non-hydrogen) atoms. The van der Waals surface area contributed by atoms with Gasteiger partial charge < -0.3 is 15.1 Å². The van der Waals surface area contributed by atoms with Gasteiger partial charge in [-0.25, -0.2) is 9.97 Å². The lowest BCUT2D eigenvalue weighted by Crippen LogP contribution is -2.41. The Hall–Kier alpha value is -2.80. The summed E-state index contributed by atoms with van der Waals surface area (Å²) in [5, 5.41) is 2.87. The van der Waals surface area contributed by atoms with Crippen LogP contribution in [0.25, 0.3) is 0 Å². The summed E-state index contributed by atoms with van der Waals surface area (Å²) in [5.74, 6) is 0.745. The molecule has 1 aromatic carbocycles. The number of carbonyl (C=O) groups is 2. The molecule has 0 unspecified atom stereocenters. The highest BCUT2D eigenvalue weighted by Crippen LogP contribution is 2.33. The van der Waals surface area contributed by atoms with E-state index in [4.69, 9.17) is 0 Å². The lowest BCUT2D eigenvalue weighted by atomic mass is 9.95. The van der Waals surface area contributed by atoms with Crippen molar-refractivity contribution in [2.45, 2.75) is 38.6 Å². The van der Waals surface area contributed by atoms with E-state index in [2.05, 4.69) is 27.2 Å². The Labute approximate surface area is 177 Å². The summed E-state index contributed by atoms with van der Waals surface area (Å²) >= 11 is 0. The van der Waals surface area contributed by atoms with Gasteiger partial charge in [-0.15, -0.1) is 0 Å². The van der Waals surface area contributed by atoms with Gasteiger partial charge in [0, 0.05) is 24.3 Å². The van der Waals surface area contributed by atoms with Gasteiger partial charge in [-0.05, 0) is 64.9 Å². The molecule has 2 aromatic rings. The minimum atomic E-state index is -0.226. The first-order chi connectivity index (χ1) is 14.5.